The smallest absolute Gasteiger partial charge is 0.243 e. The minimum atomic E-state index is -0.431. The average Bonchev–Trinajstić information content (AvgIpc) is 3.43. The van der Waals surface area contributed by atoms with Crippen molar-refractivity contribution in [2.45, 2.75) is 76.5 Å². The fourth-order valence-corrected chi connectivity index (χ4v) is 5.72. The molecule has 3 aliphatic rings. The number of rotatable bonds is 6. The zero-order chi connectivity index (χ0) is 22.8. The fourth-order valence-electron chi connectivity index (χ4n) is 5.72. The molecule has 1 aromatic rings. The minimum Gasteiger partial charge on any atom is -0.395 e. The summed E-state index contributed by atoms with van der Waals surface area (Å²) in [7, 11) is 0. The highest BCUT2D eigenvalue weighted by Crippen LogP contribution is 2.32. The largest absolute Gasteiger partial charge is 0.395 e. The van der Waals surface area contributed by atoms with E-state index in [1.165, 1.54) is 6.07 Å². The van der Waals surface area contributed by atoms with Gasteiger partial charge in [0, 0.05) is 62.4 Å². The molecule has 0 spiro atoms. The van der Waals surface area contributed by atoms with Crippen molar-refractivity contribution in [1.29, 1.82) is 0 Å². The number of likely N-dealkylation sites (tertiary alicyclic amines) is 1. The number of aryl methyl sites for hydroxylation is 1. The lowest BCUT2D eigenvalue weighted by molar-refractivity contribution is -0.131. The lowest BCUT2D eigenvalue weighted by atomic mass is 9.89. The van der Waals surface area contributed by atoms with E-state index in [2.05, 4.69) is 15.5 Å². The SMILES string of the molecule is CC(=O)N(CCO)C1CCN([C@H]2CCC[C@@H](NC(=O)C3Cc4c(F)ccc(C)c4N3)C2)C1. The van der Waals surface area contributed by atoms with E-state index in [9.17, 15) is 19.1 Å². The normalized spacial score (nSPS) is 27.6. The number of fused-ring (bicyclic) bond motifs is 1. The van der Waals surface area contributed by atoms with Gasteiger partial charge in [0.15, 0.2) is 0 Å². The minimum absolute atomic E-state index is 0.0106. The predicted octanol–water partition coefficient (Wildman–Crippen LogP) is 1.81. The standard InChI is InChI=1S/C24H35FN4O3/c1-15-6-7-21(25)20-13-22(27-23(15)20)24(32)26-17-4-3-5-18(12-17)28-9-8-19(14-28)29(10-11-30)16(2)31/h6-7,17-19,22,27,30H,3-5,8-14H2,1-2H3,(H,26,32)/t17-,18+,19?,22?/m1/s1. The van der Waals surface area contributed by atoms with Crippen LogP contribution in [0.3, 0.4) is 0 Å². The number of hydrogen-bond donors (Lipinski definition) is 3. The molecular weight excluding hydrogens is 411 g/mol. The number of carbonyl (C=O) groups excluding carboxylic acids is 2. The summed E-state index contributed by atoms with van der Waals surface area (Å²) < 4.78 is 14.2. The van der Waals surface area contributed by atoms with Gasteiger partial charge in [0.05, 0.1) is 6.61 Å². The Morgan fingerprint density at radius 1 is 1.31 bits per heavy atom. The molecule has 2 unspecified atom stereocenters. The summed E-state index contributed by atoms with van der Waals surface area (Å²) in [6.45, 7) is 5.61. The molecule has 0 aromatic heterocycles. The monoisotopic (exact) mass is 446 g/mol. The van der Waals surface area contributed by atoms with Crippen LogP contribution in [0.4, 0.5) is 10.1 Å². The summed E-state index contributed by atoms with van der Waals surface area (Å²) in [4.78, 5) is 29.1. The van der Waals surface area contributed by atoms with E-state index in [0.717, 1.165) is 56.4 Å². The number of nitrogens with zero attached hydrogens (tertiary/aromatic N) is 2. The lowest BCUT2D eigenvalue weighted by Crippen LogP contribution is -2.49. The van der Waals surface area contributed by atoms with Crippen LogP contribution in [-0.4, -0.2) is 77.1 Å². The van der Waals surface area contributed by atoms with Crippen molar-refractivity contribution in [1.82, 2.24) is 15.1 Å². The highest BCUT2D eigenvalue weighted by atomic mass is 19.1. The van der Waals surface area contributed by atoms with Crippen LogP contribution in [0.2, 0.25) is 0 Å². The number of benzene rings is 1. The molecule has 1 saturated carbocycles. The maximum absolute atomic E-state index is 14.2. The number of anilines is 1. The summed E-state index contributed by atoms with van der Waals surface area (Å²) in [5.41, 5.74) is 2.32. The Labute approximate surface area is 189 Å². The summed E-state index contributed by atoms with van der Waals surface area (Å²) in [6.07, 6.45) is 5.29. The number of hydrogen-bond acceptors (Lipinski definition) is 5. The Morgan fingerprint density at radius 3 is 2.84 bits per heavy atom. The van der Waals surface area contributed by atoms with Crippen LogP contribution in [0.5, 0.6) is 0 Å². The number of amides is 2. The first-order valence-electron chi connectivity index (χ1n) is 11.8. The third-order valence-electron chi connectivity index (χ3n) is 7.40. The van der Waals surface area contributed by atoms with Gasteiger partial charge in [-0.25, -0.2) is 4.39 Å². The number of halogens is 1. The van der Waals surface area contributed by atoms with Gasteiger partial charge in [-0.15, -0.1) is 0 Å². The quantitative estimate of drug-likeness (QED) is 0.621. The highest BCUT2D eigenvalue weighted by Gasteiger charge is 2.36. The third kappa shape index (κ3) is 4.76. The summed E-state index contributed by atoms with van der Waals surface area (Å²) >= 11 is 0. The van der Waals surface area contributed by atoms with E-state index < -0.39 is 6.04 Å². The number of aliphatic hydroxyl groups is 1. The molecule has 2 heterocycles. The van der Waals surface area contributed by atoms with Crippen molar-refractivity contribution in [2.24, 2.45) is 0 Å². The molecule has 2 amide bonds. The van der Waals surface area contributed by atoms with Gasteiger partial charge < -0.3 is 20.6 Å². The van der Waals surface area contributed by atoms with Crippen LogP contribution >= 0.6 is 0 Å². The Kier molecular flexibility index (Phi) is 7.00. The first kappa shape index (κ1) is 23.0. The van der Waals surface area contributed by atoms with Gasteiger partial charge in [0.25, 0.3) is 0 Å². The van der Waals surface area contributed by atoms with Crippen LogP contribution in [-0.2, 0) is 16.0 Å². The van der Waals surface area contributed by atoms with Crippen molar-refractivity contribution in [3.05, 3.63) is 29.1 Å². The average molecular weight is 447 g/mol. The van der Waals surface area contributed by atoms with Gasteiger partial charge in [-0.3, -0.25) is 14.5 Å². The molecule has 2 aliphatic heterocycles. The molecule has 0 radical (unpaired) electrons. The van der Waals surface area contributed by atoms with E-state index in [4.69, 9.17) is 0 Å². The van der Waals surface area contributed by atoms with E-state index in [1.54, 1.807) is 17.9 Å². The van der Waals surface area contributed by atoms with Gasteiger partial charge in [-0.1, -0.05) is 6.07 Å². The highest BCUT2D eigenvalue weighted by molar-refractivity contribution is 5.88. The Morgan fingerprint density at radius 2 is 2.12 bits per heavy atom. The Balaban J connectivity index is 1.31. The molecular formula is C24H35FN4O3. The Hall–Kier alpha value is -2.19. The van der Waals surface area contributed by atoms with Gasteiger partial charge in [-0.2, -0.15) is 0 Å². The molecule has 7 nitrogen and oxygen atoms in total. The van der Waals surface area contributed by atoms with Crippen molar-refractivity contribution < 1.29 is 19.1 Å². The zero-order valence-corrected chi connectivity index (χ0v) is 19.1. The topological polar surface area (TPSA) is 84.9 Å². The van der Waals surface area contributed by atoms with Gasteiger partial charge in [0.2, 0.25) is 11.8 Å². The van der Waals surface area contributed by atoms with Crippen LogP contribution in [0.25, 0.3) is 0 Å². The van der Waals surface area contributed by atoms with Crippen LogP contribution < -0.4 is 10.6 Å². The second kappa shape index (κ2) is 9.75. The molecule has 176 valence electrons. The van der Waals surface area contributed by atoms with E-state index in [-0.39, 0.29) is 36.3 Å². The molecule has 1 aliphatic carbocycles. The maximum Gasteiger partial charge on any atom is 0.243 e. The molecule has 1 aromatic carbocycles. The Bertz CT molecular complexity index is 833. The molecule has 32 heavy (non-hydrogen) atoms. The van der Waals surface area contributed by atoms with Crippen LogP contribution in [0, 0.1) is 12.7 Å². The van der Waals surface area contributed by atoms with Gasteiger partial charge >= 0.3 is 0 Å². The fraction of sp³-hybridized carbons (Fsp3) is 0.667. The maximum atomic E-state index is 14.2. The molecule has 2 fully saturated rings. The predicted molar refractivity (Wildman–Crippen MR) is 121 cm³/mol. The van der Waals surface area contributed by atoms with Crippen LogP contribution in [0.1, 0.15) is 50.2 Å². The lowest BCUT2D eigenvalue weighted by Gasteiger charge is -2.36. The second-order valence-corrected chi connectivity index (χ2v) is 9.52. The molecule has 4 atom stereocenters. The van der Waals surface area contributed by atoms with Crippen molar-refractivity contribution >= 4 is 17.5 Å². The van der Waals surface area contributed by atoms with Crippen molar-refractivity contribution in [2.75, 3.05) is 31.6 Å². The number of carbonyl (C=O) groups is 2. The van der Waals surface area contributed by atoms with Gasteiger partial charge in [-0.05, 0) is 50.7 Å². The van der Waals surface area contributed by atoms with Gasteiger partial charge in [0.1, 0.15) is 11.9 Å². The molecule has 0 bridgehead atoms. The second-order valence-electron chi connectivity index (χ2n) is 9.52. The summed E-state index contributed by atoms with van der Waals surface area (Å²) in [5, 5.41) is 15.7. The summed E-state index contributed by atoms with van der Waals surface area (Å²) in [6, 6.07) is 3.42. The van der Waals surface area contributed by atoms with Crippen molar-refractivity contribution in [3.63, 3.8) is 0 Å². The third-order valence-corrected chi connectivity index (χ3v) is 7.40. The molecule has 8 heteroatoms. The van der Waals surface area contributed by atoms with E-state index >= 15 is 0 Å². The first-order valence-corrected chi connectivity index (χ1v) is 11.8. The molecule has 4 rings (SSSR count). The van der Waals surface area contributed by atoms with Crippen molar-refractivity contribution in [3.8, 4) is 0 Å². The van der Waals surface area contributed by atoms with Crippen LogP contribution in [0.15, 0.2) is 12.1 Å². The first-order chi connectivity index (χ1) is 15.4. The summed E-state index contributed by atoms with van der Waals surface area (Å²) in [5.74, 6) is -0.303. The van der Waals surface area contributed by atoms with E-state index in [1.807, 2.05) is 6.92 Å². The molecule has 3 N–H and O–H groups in total. The zero-order valence-electron chi connectivity index (χ0n) is 19.1. The van der Waals surface area contributed by atoms with E-state index in [0.29, 0.717) is 24.6 Å². The molecule has 1 saturated heterocycles. The number of aliphatic hydroxyl groups excluding tert-OH is 1. The number of nitrogens with one attached hydrogen (secondary N) is 2.